The van der Waals surface area contributed by atoms with Crippen LogP contribution >= 0.6 is 15.9 Å². The average Bonchev–Trinajstić information content (AvgIpc) is 2.42. The molecule has 0 aliphatic rings. The molecule has 20 heavy (non-hydrogen) atoms. The first-order chi connectivity index (χ1) is 9.40. The normalized spacial score (nSPS) is 11.9. The summed E-state index contributed by atoms with van der Waals surface area (Å²) in [4.78, 5) is 23.9. The molecule has 0 bridgehead atoms. The molecule has 0 saturated heterocycles. The Hall–Kier alpha value is -1.56. The highest BCUT2D eigenvalue weighted by atomic mass is 79.9. The highest BCUT2D eigenvalue weighted by Crippen LogP contribution is 2.23. The van der Waals surface area contributed by atoms with Gasteiger partial charge in [0.15, 0.2) is 0 Å². The number of hydrogen-bond acceptors (Lipinski definition) is 4. The summed E-state index contributed by atoms with van der Waals surface area (Å²) in [5.41, 5.74) is 0.366. The SMILES string of the molecule is COC(=O)C(NC(=O)c1ccc(Br)cc1OC)C(C)C. The Morgan fingerprint density at radius 3 is 2.40 bits per heavy atom. The summed E-state index contributed by atoms with van der Waals surface area (Å²) in [6, 6.07) is 4.37. The zero-order chi connectivity index (χ0) is 15.3. The third-order valence-corrected chi connectivity index (χ3v) is 3.31. The van der Waals surface area contributed by atoms with Crippen molar-refractivity contribution in [2.75, 3.05) is 14.2 Å². The third kappa shape index (κ3) is 3.96. The standard InChI is InChI=1S/C14H18BrNO4/c1-8(2)12(14(18)20-4)16-13(17)10-6-5-9(15)7-11(10)19-3/h5-8,12H,1-4H3,(H,16,17). The largest absolute Gasteiger partial charge is 0.496 e. The Labute approximate surface area is 126 Å². The van der Waals surface area contributed by atoms with Gasteiger partial charge in [-0.05, 0) is 24.1 Å². The Kier molecular flexibility index (Phi) is 6.01. The lowest BCUT2D eigenvalue weighted by molar-refractivity contribution is -0.144. The van der Waals surface area contributed by atoms with Crippen molar-refractivity contribution in [2.24, 2.45) is 5.92 Å². The molecular weight excluding hydrogens is 326 g/mol. The van der Waals surface area contributed by atoms with Crippen molar-refractivity contribution >= 4 is 27.8 Å². The van der Waals surface area contributed by atoms with Crippen LogP contribution in [0.25, 0.3) is 0 Å². The topological polar surface area (TPSA) is 64.6 Å². The minimum absolute atomic E-state index is 0.0761. The van der Waals surface area contributed by atoms with Gasteiger partial charge in [0, 0.05) is 4.47 Å². The van der Waals surface area contributed by atoms with Crippen LogP contribution in [0.15, 0.2) is 22.7 Å². The van der Waals surface area contributed by atoms with Crippen molar-refractivity contribution in [3.63, 3.8) is 0 Å². The van der Waals surface area contributed by atoms with Crippen molar-refractivity contribution in [1.82, 2.24) is 5.32 Å². The van der Waals surface area contributed by atoms with Crippen LogP contribution in [0.3, 0.4) is 0 Å². The van der Waals surface area contributed by atoms with Gasteiger partial charge >= 0.3 is 5.97 Å². The molecule has 6 heteroatoms. The lowest BCUT2D eigenvalue weighted by Crippen LogP contribution is -2.45. The van der Waals surface area contributed by atoms with Gasteiger partial charge in [0.2, 0.25) is 0 Å². The van der Waals surface area contributed by atoms with Crippen LogP contribution in [0.4, 0.5) is 0 Å². The first-order valence-electron chi connectivity index (χ1n) is 6.13. The maximum Gasteiger partial charge on any atom is 0.328 e. The van der Waals surface area contributed by atoms with Gasteiger partial charge in [0.1, 0.15) is 11.8 Å². The molecular formula is C14H18BrNO4. The number of nitrogens with one attached hydrogen (secondary N) is 1. The van der Waals surface area contributed by atoms with E-state index < -0.39 is 12.0 Å². The molecule has 0 radical (unpaired) electrons. The molecule has 0 aliphatic carbocycles. The fourth-order valence-corrected chi connectivity index (χ4v) is 2.04. The van der Waals surface area contributed by atoms with E-state index in [4.69, 9.17) is 9.47 Å². The number of halogens is 1. The molecule has 1 N–H and O–H groups in total. The smallest absolute Gasteiger partial charge is 0.328 e. The van der Waals surface area contributed by atoms with Crippen molar-refractivity contribution in [3.8, 4) is 5.75 Å². The van der Waals surface area contributed by atoms with E-state index in [-0.39, 0.29) is 11.8 Å². The van der Waals surface area contributed by atoms with E-state index in [9.17, 15) is 9.59 Å². The fourth-order valence-electron chi connectivity index (χ4n) is 1.70. The molecule has 0 spiro atoms. The Bertz CT molecular complexity index is 502. The van der Waals surface area contributed by atoms with Gasteiger partial charge in [-0.3, -0.25) is 4.79 Å². The van der Waals surface area contributed by atoms with E-state index in [0.29, 0.717) is 11.3 Å². The molecule has 1 amide bonds. The van der Waals surface area contributed by atoms with Gasteiger partial charge in [-0.15, -0.1) is 0 Å². The molecule has 0 aromatic heterocycles. The van der Waals surface area contributed by atoms with E-state index in [0.717, 1.165) is 4.47 Å². The van der Waals surface area contributed by atoms with Gasteiger partial charge in [-0.25, -0.2) is 4.79 Å². The van der Waals surface area contributed by atoms with Crippen molar-refractivity contribution < 1.29 is 19.1 Å². The van der Waals surface area contributed by atoms with E-state index in [2.05, 4.69) is 21.2 Å². The summed E-state index contributed by atoms with van der Waals surface area (Å²) in [5, 5.41) is 2.67. The van der Waals surface area contributed by atoms with Crippen molar-refractivity contribution in [3.05, 3.63) is 28.2 Å². The molecule has 1 unspecified atom stereocenters. The molecule has 1 atom stereocenters. The Morgan fingerprint density at radius 1 is 1.25 bits per heavy atom. The summed E-state index contributed by atoms with van der Waals surface area (Å²) >= 11 is 3.31. The molecule has 0 heterocycles. The lowest BCUT2D eigenvalue weighted by atomic mass is 10.0. The van der Waals surface area contributed by atoms with Gasteiger partial charge in [-0.2, -0.15) is 0 Å². The minimum atomic E-state index is -0.694. The number of methoxy groups -OCH3 is 2. The predicted molar refractivity (Wildman–Crippen MR) is 78.8 cm³/mol. The molecule has 5 nitrogen and oxygen atoms in total. The minimum Gasteiger partial charge on any atom is -0.496 e. The van der Waals surface area contributed by atoms with E-state index in [1.54, 1.807) is 18.2 Å². The van der Waals surface area contributed by atoms with Crippen molar-refractivity contribution in [1.29, 1.82) is 0 Å². The van der Waals surface area contributed by atoms with Crippen LogP contribution in [-0.4, -0.2) is 32.1 Å². The van der Waals surface area contributed by atoms with Gasteiger partial charge < -0.3 is 14.8 Å². The van der Waals surface area contributed by atoms with Gasteiger partial charge in [0.05, 0.1) is 19.8 Å². The van der Waals surface area contributed by atoms with Gasteiger partial charge in [0.25, 0.3) is 5.91 Å². The van der Waals surface area contributed by atoms with Crippen LogP contribution in [-0.2, 0) is 9.53 Å². The molecule has 1 rings (SSSR count). The fraction of sp³-hybridized carbons (Fsp3) is 0.429. The predicted octanol–water partition coefficient (Wildman–Crippen LogP) is 2.39. The summed E-state index contributed by atoms with van der Waals surface area (Å²) in [6.07, 6.45) is 0. The number of carbonyl (C=O) groups is 2. The van der Waals surface area contributed by atoms with Gasteiger partial charge in [-0.1, -0.05) is 29.8 Å². The van der Waals surface area contributed by atoms with Crippen LogP contribution in [0.1, 0.15) is 24.2 Å². The Balaban J connectivity index is 2.97. The maximum absolute atomic E-state index is 12.3. The number of amides is 1. The number of esters is 1. The summed E-state index contributed by atoms with van der Waals surface area (Å²) in [5.74, 6) is -0.486. The molecule has 0 saturated carbocycles. The number of rotatable bonds is 5. The van der Waals surface area contributed by atoms with Crippen LogP contribution < -0.4 is 10.1 Å². The molecule has 1 aromatic rings. The monoisotopic (exact) mass is 343 g/mol. The molecule has 1 aromatic carbocycles. The van der Waals surface area contributed by atoms with Crippen LogP contribution in [0.2, 0.25) is 0 Å². The quantitative estimate of drug-likeness (QED) is 0.833. The first kappa shape index (κ1) is 16.5. The maximum atomic E-state index is 12.3. The Morgan fingerprint density at radius 2 is 1.90 bits per heavy atom. The van der Waals surface area contributed by atoms with E-state index in [1.165, 1.54) is 14.2 Å². The number of ether oxygens (including phenoxy) is 2. The first-order valence-corrected chi connectivity index (χ1v) is 6.92. The number of benzene rings is 1. The van der Waals surface area contributed by atoms with Crippen molar-refractivity contribution in [2.45, 2.75) is 19.9 Å². The highest BCUT2D eigenvalue weighted by Gasteiger charge is 2.26. The third-order valence-electron chi connectivity index (χ3n) is 2.82. The lowest BCUT2D eigenvalue weighted by Gasteiger charge is -2.20. The second kappa shape index (κ2) is 7.28. The average molecular weight is 344 g/mol. The van der Waals surface area contributed by atoms with Crippen LogP contribution in [0.5, 0.6) is 5.75 Å². The van der Waals surface area contributed by atoms with E-state index in [1.807, 2.05) is 13.8 Å². The van der Waals surface area contributed by atoms with Crippen LogP contribution in [0, 0.1) is 5.92 Å². The molecule has 0 fully saturated rings. The number of carbonyl (C=O) groups excluding carboxylic acids is 2. The summed E-state index contributed by atoms with van der Waals surface area (Å²) in [6.45, 7) is 3.67. The molecule has 0 aliphatic heterocycles. The zero-order valence-corrected chi connectivity index (χ0v) is 13.5. The summed E-state index contributed by atoms with van der Waals surface area (Å²) in [7, 11) is 2.78. The summed E-state index contributed by atoms with van der Waals surface area (Å²) < 4.78 is 10.7. The zero-order valence-electron chi connectivity index (χ0n) is 11.9. The number of hydrogen-bond donors (Lipinski definition) is 1. The highest BCUT2D eigenvalue weighted by molar-refractivity contribution is 9.10. The van der Waals surface area contributed by atoms with E-state index >= 15 is 0 Å². The second-order valence-corrected chi connectivity index (χ2v) is 5.48. The second-order valence-electron chi connectivity index (χ2n) is 4.56. The molecule has 110 valence electrons.